The Hall–Kier alpha value is -0.610. The number of hydrogen-bond acceptors (Lipinski definition) is 3. The summed E-state index contributed by atoms with van der Waals surface area (Å²) in [6.45, 7) is 8.73. The van der Waals surface area contributed by atoms with Gasteiger partial charge in [0.25, 0.3) is 0 Å². The molecule has 1 saturated heterocycles. The van der Waals surface area contributed by atoms with E-state index in [2.05, 4.69) is 26.1 Å². The largest absolute Gasteiger partial charge is 0.391 e. The zero-order chi connectivity index (χ0) is 16.2. The Morgan fingerprint density at radius 1 is 1.14 bits per heavy atom. The molecular formula is C18H33NO3. The van der Waals surface area contributed by atoms with Crippen LogP contribution in [0.15, 0.2) is 0 Å². The normalized spacial score (nSPS) is 29.1. The van der Waals surface area contributed by atoms with Crippen LogP contribution in [0.5, 0.6) is 0 Å². The first kappa shape index (κ1) is 17.7. The van der Waals surface area contributed by atoms with Crippen molar-refractivity contribution in [1.82, 2.24) is 5.32 Å². The lowest BCUT2D eigenvalue weighted by Crippen LogP contribution is -2.41. The summed E-state index contributed by atoms with van der Waals surface area (Å²) in [4.78, 5) is 12.3. The van der Waals surface area contributed by atoms with E-state index >= 15 is 0 Å². The number of nitrogens with one attached hydrogen (secondary N) is 1. The van der Waals surface area contributed by atoms with E-state index in [1.54, 1.807) is 0 Å². The molecule has 1 saturated carbocycles. The Morgan fingerprint density at radius 3 is 2.27 bits per heavy atom. The first-order valence-corrected chi connectivity index (χ1v) is 8.91. The van der Waals surface area contributed by atoms with Gasteiger partial charge in [-0.05, 0) is 55.8 Å². The van der Waals surface area contributed by atoms with Crippen LogP contribution in [0, 0.1) is 23.2 Å². The van der Waals surface area contributed by atoms with Gasteiger partial charge in [0.1, 0.15) is 0 Å². The van der Waals surface area contributed by atoms with Crippen molar-refractivity contribution in [2.24, 2.45) is 23.2 Å². The highest BCUT2D eigenvalue weighted by atomic mass is 16.5. The minimum atomic E-state index is -0.432. The molecule has 128 valence electrons. The molecule has 2 fully saturated rings. The van der Waals surface area contributed by atoms with Gasteiger partial charge in [-0.3, -0.25) is 4.79 Å². The van der Waals surface area contributed by atoms with Crippen LogP contribution >= 0.6 is 0 Å². The Bertz CT molecular complexity index is 350. The molecule has 0 aromatic heterocycles. The number of aliphatic hydroxyl groups is 1. The van der Waals surface area contributed by atoms with Gasteiger partial charge in [0.05, 0.1) is 6.10 Å². The van der Waals surface area contributed by atoms with Gasteiger partial charge in [-0.2, -0.15) is 0 Å². The average molecular weight is 311 g/mol. The lowest BCUT2D eigenvalue weighted by molar-refractivity contribution is -0.127. The van der Waals surface area contributed by atoms with Gasteiger partial charge in [0.2, 0.25) is 5.91 Å². The summed E-state index contributed by atoms with van der Waals surface area (Å²) in [6.07, 6.45) is 5.62. The molecule has 1 amide bonds. The highest BCUT2D eigenvalue weighted by Crippen LogP contribution is 2.39. The van der Waals surface area contributed by atoms with Crippen molar-refractivity contribution in [3.05, 3.63) is 0 Å². The van der Waals surface area contributed by atoms with Crippen molar-refractivity contribution in [2.75, 3.05) is 19.8 Å². The molecule has 0 bridgehead atoms. The number of rotatable bonds is 4. The quantitative estimate of drug-likeness (QED) is 0.839. The number of carbonyl (C=O) groups excluding carboxylic acids is 1. The summed E-state index contributed by atoms with van der Waals surface area (Å²) < 4.78 is 5.31. The molecule has 22 heavy (non-hydrogen) atoms. The van der Waals surface area contributed by atoms with E-state index in [0.29, 0.717) is 12.0 Å². The minimum Gasteiger partial charge on any atom is -0.391 e. The van der Waals surface area contributed by atoms with Gasteiger partial charge in [-0.1, -0.05) is 20.8 Å². The zero-order valence-corrected chi connectivity index (χ0v) is 14.4. The molecule has 4 nitrogen and oxygen atoms in total. The summed E-state index contributed by atoms with van der Waals surface area (Å²) >= 11 is 0. The molecule has 0 unspecified atom stereocenters. The number of amides is 1. The molecule has 0 radical (unpaired) electrons. The molecule has 1 aliphatic heterocycles. The van der Waals surface area contributed by atoms with Gasteiger partial charge in [0, 0.05) is 25.7 Å². The van der Waals surface area contributed by atoms with Crippen LogP contribution in [0.25, 0.3) is 0 Å². The van der Waals surface area contributed by atoms with Crippen molar-refractivity contribution >= 4 is 5.91 Å². The lowest BCUT2D eigenvalue weighted by atomic mass is 9.69. The highest BCUT2D eigenvalue weighted by Gasteiger charge is 2.32. The van der Waals surface area contributed by atoms with Crippen LogP contribution in [0.3, 0.4) is 0 Å². The van der Waals surface area contributed by atoms with E-state index in [-0.39, 0.29) is 17.7 Å². The fraction of sp³-hybridized carbons (Fsp3) is 0.944. The van der Waals surface area contributed by atoms with Crippen molar-refractivity contribution < 1.29 is 14.6 Å². The van der Waals surface area contributed by atoms with E-state index in [9.17, 15) is 9.90 Å². The minimum absolute atomic E-state index is 0.137. The lowest BCUT2D eigenvalue weighted by Gasteiger charge is -2.36. The van der Waals surface area contributed by atoms with Crippen molar-refractivity contribution in [3.8, 4) is 0 Å². The molecule has 1 heterocycles. The maximum atomic E-state index is 12.3. The van der Waals surface area contributed by atoms with E-state index in [4.69, 9.17) is 4.74 Å². The number of hydrogen-bond donors (Lipinski definition) is 2. The van der Waals surface area contributed by atoms with Crippen molar-refractivity contribution in [3.63, 3.8) is 0 Å². The summed E-state index contributed by atoms with van der Waals surface area (Å²) in [7, 11) is 0. The topological polar surface area (TPSA) is 58.6 Å². The second kappa shape index (κ2) is 7.78. The number of carbonyl (C=O) groups is 1. The number of ether oxygens (including phenoxy) is 1. The van der Waals surface area contributed by atoms with Crippen LogP contribution in [0.1, 0.15) is 59.3 Å². The third kappa shape index (κ3) is 4.95. The van der Waals surface area contributed by atoms with E-state index in [0.717, 1.165) is 57.7 Å². The summed E-state index contributed by atoms with van der Waals surface area (Å²) in [6, 6.07) is 0. The monoisotopic (exact) mass is 311 g/mol. The molecule has 1 aliphatic carbocycles. The van der Waals surface area contributed by atoms with Crippen molar-refractivity contribution in [1.29, 1.82) is 0 Å². The van der Waals surface area contributed by atoms with Crippen molar-refractivity contribution in [2.45, 2.75) is 65.4 Å². The van der Waals surface area contributed by atoms with E-state index in [1.807, 2.05) is 0 Å². The van der Waals surface area contributed by atoms with Crippen LogP contribution in [-0.4, -0.2) is 36.9 Å². The fourth-order valence-electron chi connectivity index (χ4n) is 3.84. The average Bonchev–Trinajstić information content (AvgIpc) is 2.52. The molecule has 2 aliphatic rings. The van der Waals surface area contributed by atoms with Gasteiger partial charge in [-0.15, -0.1) is 0 Å². The molecule has 1 atom stereocenters. The first-order valence-electron chi connectivity index (χ1n) is 8.91. The fourth-order valence-corrected chi connectivity index (χ4v) is 3.84. The molecule has 2 rings (SSSR count). The maximum Gasteiger partial charge on any atom is 0.223 e. The standard InChI is InChI=1S/C18H33NO3/c1-18(2,3)15-6-4-14(5-7-15)17(21)19-12-16(20)13-8-10-22-11-9-13/h13-16,20H,4-12H2,1-3H3,(H,19,21)/t14?,15?,16-/m1/s1. The third-order valence-corrected chi connectivity index (χ3v) is 5.62. The molecular weight excluding hydrogens is 278 g/mol. The summed E-state index contributed by atoms with van der Waals surface area (Å²) in [5.41, 5.74) is 0.348. The van der Waals surface area contributed by atoms with Gasteiger partial charge in [-0.25, -0.2) is 0 Å². The van der Waals surface area contributed by atoms with Crippen LogP contribution < -0.4 is 5.32 Å². The van der Waals surface area contributed by atoms with Gasteiger partial charge >= 0.3 is 0 Å². The van der Waals surface area contributed by atoms with Gasteiger partial charge < -0.3 is 15.2 Å². The van der Waals surface area contributed by atoms with Crippen LogP contribution in [-0.2, 0) is 9.53 Å². The van der Waals surface area contributed by atoms with E-state index in [1.165, 1.54) is 0 Å². The predicted octanol–water partition coefficient (Wildman–Crippen LogP) is 2.74. The Kier molecular flexibility index (Phi) is 6.27. The molecule has 0 spiro atoms. The first-order chi connectivity index (χ1) is 10.4. The second-order valence-electron chi connectivity index (χ2n) is 8.18. The summed E-state index contributed by atoms with van der Waals surface area (Å²) in [5, 5.41) is 13.2. The molecule has 0 aromatic rings. The summed E-state index contributed by atoms with van der Waals surface area (Å²) in [5.74, 6) is 1.27. The van der Waals surface area contributed by atoms with Gasteiger partial charge in [0.15, 0.2) is 0 Å². The zero-order valence-electron chi connectivity index (χ0n) is 14.4. The van der Waals surface area contributed by atoms with E-state index < -0.39 is 6.10 Å². The van der Waals surface area contributed by atoms with Crippen LogP contribution in [0.4, 0.5) is 0 Å². The predicted molar refractivity (Wildman–Crippen MR) is 87.5 cm³/mol. The highest BCUT2D eigenvalue weighted by molar-refractivity contribution is 5.78. The Balaban J connectivity index is 1.69. The number of aliphatic hydroxyl groups excluding tert-OH is 1. The Morgan fingerprint density at radius 2 is 1.73 bits per heavy atom. The Labute approximate surface area is 135 Å². The second-order valence-corrected chi connectivity index (χ2v) is 8.18. The van der Waals surface area contributed by atoms with Crippen LogP contribution in [0.2, 0.25) is 0 Å². The third-order valence-electron chi connectivity index (χ3n) is 5.62. The molecule has 0 aromatic carbocycles. The molecule has 2 N–H and O–H groups in total. The molecule has 4 heteroatoms. The SMILES string of the molecule is CC(C)(C)C1CCC(C(=O)NC[C@@H](O)C2CCOCC2)CC1. The smallest absolute Gasteiger partial charge is 0.223 e. The maximum absolute atomic E-state index is 12.3.